The van der Waals surface area contributed by atoms with Gasteiger partial charge < -0.3 is 5.32 Å². The fraction of sp³-hybridized carbons (Fsp3) is 0.571. The molecule has 1 saturated heterocycles. The molecule has 1 fully saturated rings. The lowest BCUT2D eigenvalue weighted by molar-refractivity contribution is 0.606. The zero-order chi connectivity index (χ0) is 5.40. The van der Waals surface area contributed by atoms with E-state index in [1.807, 2.05) is 0 Å². The van der Waals surface area contributed by atoms with Crippen LogP contribution in [0.5, 0.6) is 0 Å². The van der Waals surface area contributed by atoms with E-state index in [-0.39, 0.29) is 0 Å². The highest BCUT2D eigenvalue weighted by molar-refractivity contribution is 5.18. The second-order valence-corrected chi connectivity index (χ2v) is 2.54. The maximum atomic E-state index is 3.42. The molecule has 0 saturated carbocycles. The molecule has 0 amide bonds. The van der Waals surface area contributed by atoms with Gasteiger partial charge in [0.15, 0.2) is 0 Å². The van der Waals surface area contributed by atoms with Crippen LogP contribution < -0.4 is 5.32 Å². The van der Waals surface area contributed by atoms with Gasteiger partial charge in [-0.15, -0.1) is 0 Å². The molecule has 8 heavy (non-hydrogen) atoms. The highest BCUT2D eigenvalue weighted by atomic mass is 15.0. The fourth-order valence-electron chi connectivity index (χ4n) is 1.42. The van der Waals surface area contributed by atoms with Gasteiger partial charge in [0.1, 0.15) is 0 Å². The predicted octanol–water partition coefficient (Wildman–Crippen LogP) is 1.23. The Kier molecular flexibility index (Phi) is 0.908. The molecule has 2 aliphatic rings. The average Bonchev–Trinajstić information content (AvgIpc) is 2.12. The van der Waals surface area contributed by atoms with Crippen molar-refractivity contribution in [3.8, 4) is 0 Å². The second-order valence-electron chi connectivity index (χ2n) is 2.54. The van der Waals surface area contributed by atoms with Crippen LogP contribution in [0.25, 0.3) is 0 Å². The fourth-order valence-corrected chi connectivity index (χ4v) is 1.42. The van der Waals surface area contributed by atoms with Crippen LogP contribution in [0.1, 0.15) is 19.3 Å². The molecular weight excluding hydrogens is 98.1 g/mol. The minimum Gasteiger partial charge on any atom is -0.303 e. The van der Waals surface area contributed by atoms with E-state index in [9.17, 15) is 0 Å². The van der Waals surface area contributed by atoms with Gasteiger partial charge in [0.2, 0.25) is 0 Å². The molecule has 2 heterocycles. The van der Waals surface area contributed by atoms with Crippen molar-refractivity contribution in [1.29, 1.82) is 0 Å². The van der Waals surface area contributed by atoms with E-state index >= 15 is 0 Å². The molecule has 1 N–H and O–H groups in total. The molecule has 0 spiro atoms. The molecule has 0 aromatic carbocycles. The lowest BCUT2D eigenvalue weighted by atomic mass is 10.2. The molecule has 43 valence electrons. The largest absolute Gasteiger partial charge is 0.303 e. The molecule has 1 heteroatoms. The molecule has 2 rings (SSSR count). The Morgan fingerprint density at radius 2 is 2.62 bits per heavy atom. The number of nitrogens with one attached hydrogen (secondary N) is 1. The molecule has 1 atom stereocenters. The first-order valence-corrected chi connectivity index (χ1v) is 3.24. The maximum absolute atomic E-state index is 3.42. The van der Waals surface area contributed by atoms with Gasteiger partial charge in [-0.1, -0.05) is 12.2 Å². The molecule has 2 aliphatic heterocycles. The van der Waals surface area contributed by atoms with Crippen molar-refractivity contribution in [3.63, 3.8) is 0 Å². The van der Waals surface area contributed by atoms with Gasteiger partial charge in [-0.05, 0) is 19.3 Å². The van der Waals surface area contributed by atoms with Crippen molar-refractivity contribution < 1.29 is 0 Å². The third-order valence-corrected chi connectivity index (χ3v) is 1.89. The summed E-state index contributed by atoms with van der Waals surface area (Å²) in [7, 11) is 0. The summed E-state index contributed by atoms with van der Waals surface area (Å²) in [6.07, 6.45) is 8.35. The molecule has 1 radical (unpaired) electrons. The Hall–Kier alpha value is -0.300. The maximum Gasteiger partial charge on any atom is 0.0588 e. The van der Waals surface area contributed by atoms with Crippen LogP contribution in [0.4, 0.5) is 0 Å². The van der Waals surface area contributed by atoms with E-state index < -0.39 is 0 Å². The van der Waals surface area contributed by atoms with E-state index in [4.69, 9.17) is 0 Å². The zero-order valence-electron chi connectivity index (χ0n) is 4.85. The Morgan fingerprint density at radius 1 is 1.62 bits per heavy atom. The first-order chi connectivity index (χ1) is 3.95. The number of hydrogen-bond acceptors (Lipinski definition) is 1. The van der Waals surface area contributed by atoms with Crippen LogP contribution in [-0.2, 0) is 0 Å². The second kappa shape index (κ2) is 1.59. The van der Waals surface area contributed by atoms with E-state index in [1.165, 1.54) is 25.3 Å². The summed E-state index contributed by atoms with van der Waals surface area (Å²) in [4.78, 5) is 0. The van der Waals surface area contributed by atoms with Crippen LogP contribution in [0, 0.1) is 6.04 Å². The van der Waals surface area contributed by atoms with Gasteiger partial charge in [-0.3, -0.25) is 0 Å². The molecule has 0 unspecified atom stereocenters. The number of hydrogen-bond donors (Lipinski definition) is 1. The van der Waals surface area contributed by atoms with E-state index in [0.29, 0.717) is 0 Å². The van der Waals surface area contributed by atoms with Gasteiger partial charge in [-0.25, -0.2) is 0 Å². The van der Waals surface area contributed by atoms with Crippen molar-refractivity contribution in [2.45, 2.75) is 25.3 Å². The zero-order valence-corrected chi connectivity index (χ0v) is 4.85. The molecular formula is C7H10N. The van der Waals surface area contributed by atoms with Gasteiger partial charge in [0.25, 0.3) is 0 Å². The summed E-state index contributed by atoms with van der Waals surface area (Å²) in [5, 5.41) is 3.42. The van der Waals surface area contributed by atoms with Gasteiger partial charge >= 0.3 is 0 Å². The summed E-state index contributed by atoms with van der Waals surface area (Å²) in [6, 6.07) is 2.23. The molecule has 0 aromatic heterocycles. The van der Waals surface area contributed by atoms with E-state index in [2.05, 4.69) is 17.5 Å². The summed E-state index contributed by atoms with van der Waals surface area (Å²) >= 11 is 0. The van der Waals surface area contributed by atoms with Crippen molar-refractivity contribution in [3.05, 3.63) is 18.2 Å². The average molecular weight is 108 g/mol. The summed E-state index contributed by atoms with van der Waals surface area (Å²) in [5.41, 5.74) is 0. The van der Waals surface area contributed by atoms with Crippen molar-refractivity contribution in [1.82, 2.24) is 5.32 Å². The number of fused-ring (bicyclic) bond motifs is 2. The predicted molar refractivity (Wildman–Crippen MR) is 33.2 cm³/mol. The van der Waals surface area contributed by atoms with E-state index in [0.717, 1.165) is 6.04 Å². The molecule has 0 aliphatic carbocycles. The Balaban J connectivity index is 2.17. The third-order valence-electron chi connectivity index (χ3n) is 1.89. The van der Waals surface area contributed by atoms with Crippen LogP contribution >= 0.6 is 0 Å². The Labute approximate surface area is 49.8 Å². The molecule has 2 bridgehead atoms. The number of rotatable bonds is 0. The Morgan fingerprint density at radius 3 is 3.38 bits per heavy atom. The monoisotopic (exact) mass is 108 g/mol. The highest BCUT2D eigenvalue weighted by Crippen LogP contribution is 2.25. The summed E-state index contributed by atoms with van der Waals surface area (Å²) < 4.78 is 0. The molecule has 1 nitrogen and oxygen atoms in total. The first kappa shape index (κ1) is 4.57. The Bertz CT molecular complexity index is 118. The lowest BCUT2D eigenvalue weighted by Crippen LogP contribution is -2.25. The van der Waals surface area contributed by atoms with Crippen LogP contribution in [0.3, 0.4) is 0 Å². The van der Waals surface area contributed by atoms with Gasteiger partial charge in [0, 0.05) is 6.04 Å². The minimum atomic E-state index is 0.787. The standard InChI is InChI=1S/C7H10N/c1-2-6-4-5-7(3-1)8-6/h1-2,7-8H,3-5H2/t7-/m1/s1. The first-order valence-electron chi connectivity index (χ1n) is 3.24. The molecule has 0 aromatic rings. The van der Waals surface area contributed by atoms with Gasteiger partial charge in [-0.2, -0.15) is 0 Å². The summed E-state index contributed by atoms with van der Waals surface area (Å²) in [5.74, 6) is 0. The quantitative estimate of drug-likeness (QED) is 0.492. The van der Waals surface area contributed by atoms with Crippen LogP contribution in [0.15, 0.2) is 12.2 Å². The van der Waals surface area contributed by atoms with E-state index in [1.54, 1.807) is 0 Å². The van der Waals surface area contributed by atoms with Crippen molar-refractivity contribution in [2.24, 2.45) is 0 Å². The third kappa shape index (κ3) is 0.583. The minimum absolute atomic E-state index is 0.787. The topological polar surface area (TPSA) is 12.0 Å². The smallest absolute Gasteiger partial charge is 0.0588 e. The summed E-state index contributed by atoms with van der Waals surface area (Å²) in [6.45, 7) is 0. The highest BCUT2D eigenvalue weighted by Gasteiger charge is 2.23. The SMILES string of the molecule is C1=C[C]2CC[C@@H](C1)N2. The normalized spacial score (nSPS) is 36.2. The van der Waals surface area contributed by atoms with Crippen molar-refractivity contribution in [2.75, 3.05) is 0 Å². The van der Waals surface area contributed by atoms with Crippen LogP contribution in [0.2, 0.25) is 0 Å². The van der Waals surface area contributed by atoms with Crippen LogP contribution in [-0.4, -0.2) is 6.04 Å². The van der Waals surface area contributed by atoms with Gasteiger partial charge in [0.05, 0.1) is 6.04 Å². The lowest BCUT2D eigenvalue weighted by Gasteiger charge is -2.12. The van der Waals surface area contributed by atoms with Crippen molar-refractivity contribution >= 4 is 0 Å².